The van der Waals surface area contributed by atoms with Crippen LogP contribution in [-0.4, -0.2) is 27.0 Å². The van der Waals surface area contributed by atoms with Crippen LogP contribution in [-0.2, 0) is 19.9 Å². The monoisotopic (exact) mass is 289 g/mol. The first-order valence-corrected chi connectivity index (χ1v) is 7.17. The van der Waals surface area contributed by atoms with Gasteiger partial charge in [-0.3, -0.25) is 9.67 Å². The van der Waals surface area contributed by atoms with Crippen LogP contribution in [0.5, 0.6) is 5.75 Å². The highest BCUT2D eigenvalue weighted by molar-refractivity contribution is 5.41. The number of pyridine rings is 1. The summed E-state index contributed by atoms with van der Waals surface area (Å²) in [5, 5.41) is 14.9. The van der Waals surface area contributed by atoms with E-state index >= 15 is 0 Å². The fraction of sp³-hybridized carbons (Fsp3) is 0.500. The molecule has 0 aliphatic rings. The topological polar surface area (TPSA) is 60.2 Å². The predicted octanol–water partition coefficient (Wildman–Crippen LogP) is 2.28. The van der Waals surface area contributed by atoms with Crippen molar-refractivity contribution < 1.29 is 9.84 Å². The lowest BCUT2D eigenvalue weighted by molar-refractivity contribution is 0.175. The number of hydrogen-bond donors (Lipinski definition) is 1. The van der Waals surface area contributed by atoms with Gasteiger partial charge in [-0.1, -0.05) is 6.92 Å². The molecule has 0 bridgehead atoms. The van der Waals surface area contributed by atoms with Gasteiger partial charge < -0.3 is 9.84 Å². The summed E-state index contributed by atoms with van der Waals surface area (Å²) >= 11 is 0. The minimum atomic E-state index is -0.604. The minimum Gasteiger partial charge on any atom is -0.496 e. The molecule has 1 unspecified atom stereocenters. The van der Waals surface area contributed by atoms with Crippen molar-refractivity contribution in [2.45, 2.75) is 39.7 Å². The van der Waals surface area contributed by atoms with Gasteiger partial charge in [0.2, 0.25) is 0 Å². The van der Waals surface area contributed by atoms with Gasteiger partial charge in [0.15, 0.2) is 0 Å². The molecule has 0 aromatic carbocycles. The van der Waals surface area contributed by atoms with E-state index in [2.05, 4.69) is 10.1 Å². The molecule has 114 valence electrons. The number of hydrogen-bond acceptors (Lipinski definition) is 4. The first-order valence-electron chi connectivity index (χ1n) is 7.17. The summed E-state index contributed by atoms with van der Waals surface area (Å²) in [4.78, 5) is 4.45. The summed E-state index contributed by atoms with van der Waals surface area (Å²) in [7, 11) is 3.53. The lowest BCUT2D eigenvalue weighted by Crippen LogP contribution is -2.08. The van der Waals surface area contributed by atoms with E-state index in [1.54, 1.807) is 18.0 Å². The van der Waals surface area contributed by atoms with Crippen LogP contribution in [0.1, 0.15) is 41.1 Å². The highest BCUT2D eigenvalue weighted by Gasteiger charge is 2.19. The van der Waals surface area contributed by atoms with E-state index in [1.165, 1.54) is 0 Å². The molecule has 2 aromatic heterocycles. The molecular formula is C16H23N3O2. The number of ether oxygens (including phenoxy) is 1. The molecule has 1 atom stereocenters. The molecule has 0 aliphatic heterocycles. The van der Waals surface area contributed by atoms with Crippen LogP contribution in [0, 0.1) is 13.8 Å². The molecule has 0 spiro atoms. The number of nitrogens with zero attached hydrogens (tertiary/aromatic N) is 3. The number of methoxy groups -OCH3 is 1. The van der Waals surface area contributed by atoms with Crippen molar-refractivity contribution in [1.82, 2.24) is 14.8 Å². The van der Waals surface area contributed by atoms with E-state index in [0.29, 0.717) is 6.42 Å². The van der Waals surface area contributed by atoms with E-state index in [9.17, 15) is 5.11 Å². The fourth-order valence-electron chi connectivity index (χ4n) is 2.68. The van der Waals surface area contributed by atoms with Gasteiger partial charge in [-0.2, -0.15) is 5.10 Å². The zero-order chi connectivity index (χ0) is 15.6. The summed E-state index contributed by atoms with van der Waals surface area (Å²) in [6.07, 6.45) is 4.33. The molecule has 21 heavy (non-hydrogen) atoms. The number of aliphatic hydroxyl groups is 1. The lowest BCUT2D eigenvalue weighted by atomic mass is 10.0. The second-order valence-electron chi connectivity index (χ2n) is 5.32. The maximum absolute atomic E-state index is 10.5. The summed E-state index contributed by atoms with van der Waals surface area (Å²) in [5.74, 6) is 0.842. The van der Waals surface area contributed by atoms with Crippen molar-refractivity contribution in [2.24, 2.45) is 7.05 Å². The Balaban J connectivity index is 2.29. The predicted molar refractivity (Wildman–Crippen MR) is 81.5 cm³/mol. The van der Waals surface area contributed by atoms with Crippen molar-refractivity contribution in [3.63, 3.8) is 0 Å². The van der Waals surface area contributed by atoms with Gasteiger partial charge >= 0.3 is 0 Å². The van der Waals surface area contributed by atoms with Crippen molar-refractivity contribution in [2.75, 3.05) is 7.11 Å². The quantitative estimate of drug-likeness (QED) is 0.917. The Morgan fingerprint density at radius 3 is 2.67 bits per heavy atom. The van der Waals surface area contributed by atoms with Gasteiger partial charge in [0.1, 0.15) is 5.75 Å². The first-order chi connectivity index (χ1) is 9.97. The molecule has 0 radical (unpaired) electrons. The summed E-state index contributed by atoms with van der Waals surface area (Å²) in [6, 6.07) is 0. The summed E-state index contributed by atoms with van der Waals surface area (Å²) in [6.45, 7) is 5.98. The standard InChI is InChI=1S/C16H23N3O2/c1-6-13-12(9-19(4)18-13)15(20)7-14-11(3)16(21-5)10(2)8-17-14/h8-9,15,20H,6-7H2,1-5H3. The average Bonchev–Trinajstić information content (AvgIpc) is 2.84. The summed E-state index contributed by atoms with van der Waals surface area (Å²) in [5.41, 5.74) is 4.65. The van der Waals surface area contributed by atoms with Crippen molar-refractivity contribution in [3.8, 4) is 5.75 Å². The van der Waals surface area contributed by atoms with Crippen LogP contribution in [0.3, 0.4) is 0 Å². The minimum absolute atomic E-state index is 0.459. The molecule has 2 heterocycles. The lowest BCUT2D eigenvalue weighted by Gasteiger charge is -2.15. The molecule has 5 heteroatoms. The van der Waals surface area contributed by atoms with Gasteiger partial charge in [0.25, 0.3) is 0 Å². The number of aryl methyl sites for hydroxylation is 3. The second kappa shape index (κ2) is 6.26. The van der Waals surface area contributed by atoms with Gasteiger partial charge in [0.05, 0.1) is 18.9 Å². The molecule has 1 N–H and O–H groups in total. The third-order valence-electron chi connectivity index (χ3n) is 3.77. The largest absolute Gasteiger partial charge is 0.496 e. The molecule has 2 aromatic rings. The highest BCUT2D eigenvalue weighted by Crippen LogP contribution is 2.28. The van der Waals surface area contributed by atoms with E-state index in [-0.39, 0.29) is 0 Å². The van der Waals surface area contributed by atoms with Crippen molar-refractivity contribution >= 4 is 0 Å². The SMILES string of the molecule is CCc1nn(C)cc1C(O)Cc1ncc(C)c(OC)c1C. The van der Waals surface area contributed by atoms with Gasteiger partial charge in [0, 0.05) is 48.2 Å². The van der Waals surface area contributed by atoms with Crippen LogP contribution in [0.4, 0.5) is 0 Å². The van der Waals surface area contributed by atoms with Crippen molar-refractivity contribution in [1.29, 1.82) is 0 Å². The Labute approximate surface area is 125 Å². The highest BCUT2D eigenvalue weighted by atomic mass is 16.5. The van der Waals surface area contributed by atoms with Crippen LogP contribution in [0.2, 0.25) is 0 Å². The fourth-order valence-corrected chi connectivity index (χ4v) is 2.68. The number of aromatic nitrogens is 3. The maximum Gasteiger partial charge on any atom is 0.128 e. The smallest absolute Gasteiger partial charge is 0.128 e. The molecule has 0 aliphatic carbocycles. The molecule has 5 nitrogen and oxygen atoms in total. The van der Waals surface area contributed by atoms with Crippen LogP contribution < -0.4 is 4.74 Å². The third kappa shape index (κ3) is 3.08. The third-order valence-corrected chi connectivity index (χ3v) is 3.77. The second-order valence-corrected chi connectivity index (χ2v) is 5.32. The summed E-state index contributed by atoms with van der Waals surface area (Å²) < 4.78 is 7.16. The van der Waals surface area contributed by atoms with Crippen LogP contribution >= 0.6 is 0 Å². The molecule has 0 saturated carbocycles. The average molecular weight is 289 g/mol. The van der Waals surface area contributed by atoms with E-state index in [4.69, 9.17) is 4.74 Å². The Morgan fingerprint density at radius 2 is 2.05 bits per heavy atom. The normalized spacial score (nSPS) is 12.5. The Morgan fingerprint density at radius 1 is 1.33 bits per heavy atom. The molecule has 0 fully saturated rings. The maximum atomic E-state index is 10.5. The molecule has 2 rings (SSSR count). The molecule has 0 amide bonds. The Kier molecular flexibility index (Phi) is 4.63. The van der Waals surface area contributed by atoms with E-state index in [0.717, 1.165) is 40.2 Å². The van der Waals surface area contributed by atoms with Crippen LogP contribution in [0.15, 0.2) is 12.4 Å². The Bertz CT molecular complexity index is 635. The zero-order valence-corrected chi connectivity index (χ0v) is 13.3. The van der Waals surface area contributed by atoms with Crippen molar-refractivity contribution in [3.05, 3.63) is 40.5 Å². The number of rotatable bonds is 5. The Hall–Kier alpha value is -1.88. The zero-order valence-electron chi connectivity index (χ0n) is 13.3. The van der Waals surface area contributed by atoms with Gasteiger partial charge in [-0.15, -0.1) is 0 Å². The van der Waals surface area contributed by atoms with Gasteiger partial charge in [-0.05, 0) is 20.3 Å². The molecule has 0 saturated heterocycles. The number of aliphatic hydroxyl groups excluding tert-OH is 1. The first kappa shape index (κ1) is 15.5. The van der Waals surface area contributed by atoms with Gasteiger partial charge in [-0.25, -0.2) is 0 Å². The van der Waals surface area contributed by atoms with E-state index < -0.39 is 6.10 Å². The van der Waals surface area contributed by atoms with Crippen LogP contribution in [0.25, 0.3) is 0 Å². The molecular weight excluding hydrogens is 266 g/mol. The van der Waals surface area contributed by atoms with E-state index in [1.807, 2.05) is 34.0 Å².